The first-order chi connectivity index (χ1) is 12.1. The van der Waals surface area contributed by atoms with Crippen LogP contribution in [-0.2, 0) is 17.8 Å². The summed E-state index contributed by atoms with van der Waals surface area (Å²) in [4.78, 5) is 14.1. The van der Waals surface area contributed by atoms with E-state index in [0.717, 1.165) is 17.5 Å². The molecule has 0 atom stereocenters. The summed E-state index contributed by atoms with van der Waals surface area (Å²) in [5.41, 5.74) is 2.95. The molecule has 1 heterocycles. The quantitative estimate of drug-likeness (QED) is 0.776. The maximum atomic E-state index is 12.4. The van der Waals surface area contributed by atoms with Gasteiger partial charge in [0.25, 0.3) is 5.91 Å². The van der Waals surface area contributed by atoms with Crippen LogP contribution in [0.3, 0.4) is 0 Å². The zero-order valence-corrected chi connectivity index (χ0v) is 14.9. The standard InChI is InChI=1S/C20H18ClNO3/c1-24-18-11-15-8-9-22(13-16(15)12-19(18)25-2)20(23)7-6-14-4-3-5-17(21)10-14/h3-5,10-12H,8-9,13H2,1-2H3. The topological polar surface area (TPSA) is 38.8 Å². The van der Waals surface area contributed by atoms with Crippen LogP contribution >= 0.6 is 11.6 Å². The minimum atomic E-state index is -0.194. The van der Waals surface area contributed by atoms with Crippen molar-refractivity contribution in [3.63, 3.8) is 0 Å². The summed E-state index contributed by atoms with van der Waals surface area (Å²) in [6.07, 6.45) is 0.764. The van der Waals surface area contributed by atoms with Gasteiger partial charge >= 0.3 is 0 Å². The second-order valence-electron chi connectivity index (χ2n) is 5.71. The van der Waals surface area contributed by atoms with Gasteiger partial charge in [-0.2, -0.15) is 0 Å². The Bertz CT molecular complexity index is 867. The molecule has 3 rings (SSSR count). The van der Waals surface area contributed by atoms with Crippen molar-refractivity contribution in [3.8, 4) is 23.3 Å². The molecule has 0 saturated carbocycles. The van der Waals surface area contributed by atoms with E-state index < -0.39 is 0 Å². The molecule has 1 amide bonds. The number of benzene rings is 2. The Hall–Kier alpha value is -2.64. The van der Waals surface area contributed by atoms with Crippen LogP contribution in [0.25, 0.3) is 0 Å². The van der Waals surface area contributed by atoms with E-state index in [1.165, 1.54) is 5.56 Å². The second-order valence-corrected chi connectivity index (χ2v) is 6.15. The predicted octanol–water partition coefficient (Wildman–Crippen LogP) is 3.29. The van der Waals surface area contributed by atoms with Crippen LogP contribution in [0, 0.1) is 11.8 Å². The van der Waals surface area contributed by atoms with E-state index in [-0.39, 0.29) is 5.91 Å². The van der Waals surface area contributed by atoms with Gasteiger partial charge in [0, 0.05) is 29.6 Å². The number of hydrogen-bond donors (Lipinski definition) is 0. The maximum absolute atomic E-state index is 12.4. The van der Waals surface area contributed by atoms with Crippen molar-refractivity contribution in [1.29, 1.82) is 0 Å². The summed E-state index contributed by atoms with van der Waals surface area (Å²) in [7, 11) is 3.22. The molecule has 0 fully saturated rings. The summed E-state index contributed by atoms with van der Waals surface area (Å²) in [5, 5.41) is 0.604. The third kappa shape index (κ3) is 3.89. The molecule has 25 heavy (non-hydrogen) atoms. The average Bonchev–Trinajstić information content (AvgIpc) is 2.64. The number of carbonyl (C=O) groups is 1. The summed E-state index contributed by atoms with van der Waals surface area (Å²) >= 11 is 5.93. The molecule has 0 saturated heterocycles. The molecule has 0 aliphatic carbocycles. The molecule has 0 N–H and O–H groups in total. The number of carbonyl (C=O) groups excluding carboxylic acids is 1. The van der Waals surface area contributed by atoms with Crippen molar-refractivity contribution in [2.45, 2.75) is 13.0 Å². The first-order valence-electron chi connectivity index (χ1n) is 7.91. The van der Waals surface area contributed by atoms with Crippen molar-refractivity contribution < 1.29 is 14.3 Å². The Kier molecular flexibility index (Phi) is 5.16. The Balaban J connectivity index is 1.77. The lowest BCUT2D eigenvalue weighted by molar-refractivity contribution is -0.125. The van der Waals surface area contributed by atoms with E-state index in [4.69, 9.17) is 21.1 Å². The maximum Gasteiger partial charge on any atom is 0.299 e. The van der Waals surface area contributed by atoms with Crippen LogP contribution in [0.2, 0.25) is 5.02 Å². The SMILES string of the molecule is COc1cc2c(cc1OC)CN(C(=O)C#Cc1cccc(Cl)c1)CC2. The average molecular weight is 356 g/mol. The minimum absolute atomic E-state index is 0.194. The van der Waals surface area contributed by atoms with Gasteiger partial charge in [-0.3, -0.25) is 4.79 Å². The Labute approximate surface area is 152 Å². The van der Waals surface area contributed by atoms with Gasteiger partial charge in [0.1, 0.15) is 0 Å². The van der Waals surface area contributed by atoms with E-state index in [1.807, 2.05) is 24.3 Å². The summed E-state index contributed by atoms with van der Waals surface area (Å²) in [6, 6.07) is 11.1. The lowest BCUT2D eigenvalue weighted by atomic mass is 9.98. The summed E-state index contributed by atoms with van der Waals surface area (Å²) in [5.74, 6) is 6.76. The molecule has 0 unspecified atom stereocenters. The molecule has 5 heteroatoms. The van der Waals surface area contributed by atoms with Gasteiger partial charge in [-0.05, 0) is 47.9 Å². The molecule has 2 aromatic carbocycles. The molecule has 128 valence electrons. The number of nitrogens with zero attached hydrogens (tertiary/aromatic N) is 1. The smallest absolute Gasteiger partial charge is 0.299 e. The van der Waals surface area contributed by atoms with E-state index in [0.29, 0.717) is 29.6 Å². The van der Waals surface area contributed by atoms with Gasteiger partial charge in [-0.1, -0.05) is 23.6 Å². The van der Waals surface area contributed by atoms with E-state index in [9.17, 15) is 4.79 Å². The Morgan fingerprint density at radius 2 is 1.84 bits per heavy atom. The lowest BCUT2D eigenvalue weighted by Gasteiger charge is -2.28. The second kappa shape index (κ2) is 7.50. The molecule has 0 spiro atoms. The number of fused-ring (bicyclic) bond motifs is 1. The number of hydrogen-bond acceptors (Lipinski definition) is 3. The van der Waals surface area contributed by atoms with Crippen molar-refractivity contribution in [2.24, 2.45) is 0 Å². The fourth-order valence-corrected chi connectivity index (χ4v) is 3.02. The van der Waals surface area contributed by atoms with Crippen LogP contribution in [0.15, 0.2) is 36.4 Å². The van der Waals surface area contributed by atoms with Crippen molar-refractivity contribution in [2.75, 3.05) is 20.8 Å². The van der Waals surface area contributed by atoms with E-state index in [1.54, 1.807) is 31.3 Å². The van der Waals surface area contributed by atoms with Crippen molar-refractivity contribution in [3.05, 3.63) is 58.1 Å². The highest BCUT2D eigenvalue weighted by atomic mass is 35.5. The predicted molar refractivity (Wildman–Crippen MR) is 97.0 cm³/mol. The largest absolute Gasteiger partial charge is 0.493 e. The van der Waals surface area contributed by atoms with E-state index in [2.05, 4.69) is 11.8 Å². The highest BCUT2D eigenvalue weighted by Crippen LogP contribution is 2.33. The first-order valence-corrected chi connectivity index (χ1v) is 8.29. The molecule has 0 bridgehead atoms. The van der Waals surface area contributed by atoms with Crippen LogP contribution in [-0.4, -0.2) is 31.6 Å². The van der Waals surface area contributed by atoms with Gasteiger partial charge in [0.2, 0.25) is 0 Å². The highest BCUT2D eigenvalue weighted by Gasteiger charge is 2.21. The van der Waals surface area contributed by atoms with Crippen LogP contribution in [0.1, 0.15) is 16.7 Å². The summed E-state index contributed by atoms with van der Waals surface area (Å²) in [6.45, 7) is 1.14. The third-order valence-electron chi connectivity index (χ3n) is 4.14. The van der Waals surface area contributed by atoms with Crippen LogP contribution in [0.4, 0.5) is 0 Å². The normalized spacial score (nSPS) is 12.7. The number of rotatable bonds is 2. The Morgan fingerprint density at radius 3 is 2.52 bits per heavy atom. The van der Waals surface area contributed by atoms with Gasteiger partial charge in [-0.25, -0.2) is 0 Å². The Morgan fingerprint density at radius 1 is 1.12 bits per heavy atom. The molecular formula is C20H18ClNO3. The molecule has 0 radical (unpaired) electrons. The van der Waals surface area contributed by atoms with Gasteiger partial charge in [-0.15, -0.1) is 0 Å². The fraction of sp³-hybridized carbons (Fsp3) is 0.250. The van der Waals surface area contributed by atoms with Crippen molar-refractivity contribution >= 4 is 17.5 Å². The minimum Gasteiger partial charge on any atom is -0.493 e. The van der Waals surface area contributed by atoms with Gasteiger partial charge < -0.3 is 14.4 Å². The molecule has 4 nitrogen and oxygen atoms in total. The van der Waals surface area contributed by atoms with Crippen LogP contribution < -0.4 is 9.47 Å². The number of methoxy groups -OCH3 is 2. The number of ether oxygens (including phenoxy) is 2. The molecular weight excluding hydrogens is 338 g/mol. The molecule has 1 aliphatic heterocycles. The molecule has 0 aromatic heterocycles. The number of halogens is 1. The highest BCUT2D eigenvalue weighted by molar-refractivity contribution is 6.30. The monoisotopic (exact) mass is 355 g/mol. The number of amides is 1. The zero-order chi connectivity index (χ0) is 17.8. The van der Waals surface area contributed by atoms with E-state index >= 15 is 0 Å². The van der Waals surface area contributed by atoms with Gasteiger partial charge in [0.15, 0.2) is 11.5 Å². The molecule has 2 aromatic rings. The third-order valence-corrected chi connectivity index (χ3v) is 4.38. The van der Waals surface area contributed by atoms with Crippen molar-refractivity contribution in [1.82, 2.24) is 4.90 Å². The fourth-order valence-electron chi connectivity index (χ4n) is 2.83. The van der Waals surface area contributed by atoms with Gasteiger partial charge in [0.05, 0.1) is 14.2 Å². The summed E-state index contributed by atoms with van der Waals surface area (Å²) < 4.78 is 10.7. The molecule has 1 aliphatic rings. The lowest BCUT2D eigenvalue weighted by Crippen LogP contribution is -2.35. The first kappa shape index (κ1) is 17.2. The zero-order valence-electron chi connectivity index (χ0n) is 14.1. The van der Waals surface area contributed by atoms with Crippen LogP contribution in [0.5, 0.6) is 11.5 Å².